The molecule has 3 aliphatic rings. The van der Waals surface area contributed by atoms with E-state index in [1.807, 2.05) is 33.1 Å². The molecule has 0 spiro atoms. The first-order valence-corrected chi connectivity index (χ1v) is 15.7. The Balaban J connectivity index is 2.09. The number of rotatable bonds is 6. The second-order valence-corrected chi connectivity index (χ2v) is 14.0. The van der Waals surface area contributed by atoms with Gasteiger partial charge in [-0.3, -0.25) is 33.7 Å². The summed E-state index contributed by atoms with van der Waals surface area (Å²) in [5, 5.41) is 23.7. The molecule has 43 heavy (non-hydrogen) atoms. The number of thioether (sulfide) groups is 1. The van der Waals surface area contributed by atoms with Crippen LogP contribution in [-0.4, -0.2) is 88.2 Å². The number of carbonyl (C=O) groups is 6. The predicted molar refractivity (Wildman–Crippen MR) is 158 cm³/mol. The normalized spacial score (nSPS) is 32.3. The lowest BCUT2D eigenvalue weighted by Gasteiger charge is -2.56. The molecule has 1 aromatic rings. The number of Topliss-reactive ketones (excluding diaryl/α,β-unsaturated/α-hetero) is 4. The van der Waals surface area contributed by atoms with Crippen molar-refractivity contribution in [2.24, 2.45) is 29.4 Å². The number of aromatic hydroxyl groups is 1. The second-order valence-electron chi connectivity index (χ2n) is 13.1. The van der Waals surface area contributed by atoms with E-state index < -0.39 is 87.8 Å². The summed E-state index contributed by atoms with van der Waals surface area (Å²) in [7, 11) is 2.94. The van der Waals surface area contributed by atoms with Crippen molar-refractivity contribution in [2.45, 2.75) is 75.9 Å². The third-order valence-corrected chi connectivity index (χ3v) is 9.90. The van der Waals surface area contributed by atoms with Crippen LogP contribution in [-0.2, 0) is 39.9 Å². The number of fused-ring (bicyclic) bond motifs is 3. The fourth-order valence-electron chi connectivity index (χ4n) is 7.44. The van der Waals surface area contributed by atoms with Crippen molar-refractivity contribution in [1.82, 2.24) is 4.90 Å². The van der Waals surface area contributed by atoms with E-state index >= 15 is 0 Å². The van der Waals surface area contributed by atoms with Crippen LogP contribution in [0.4, 0.5) is 0 Å². The number of benzene rings is 1. The number of nitrogens with zero attached hydrogens (tertiary/aromatic N) is 1. The van der Waals surface area contributed by atoms with Crippen molar-refractivity contribution in [1.29, 1.82) is 0 Å². The van der Waals surface area contributed by atoms with E-state index in [9.17, 15) is 39.0 Å². The molecule has 3 aliphatic carbocycles. The topological polar surface area (TPSA) is 181 Å². The number of amides is 1. The van der Waals surface area contributed by atoms with Crippen molar-refractivity contribution in [2.75, 3.05) is 20.4 Å². The van der Waals surface area contributed by atoms with Gasteiger partial charge in [-0.05, 0) is 42.8 Å². The van der Waals surface area contributed by atoms with Gasteiger partial charge in [0.25, 0.3) is 0 Å². The Morgan fingerprint density at radius 1 is 1.14 bits per heavy atom. The smallest absolute Gasteiger partial charge is 0.305 e. The summed E-state index contributed by atoms with van der Waals surface area (Å²) >= 11 is 1.50. The van der Waals surface area contributed by atoms with Crippen LogP contribution >= 0.6 is 11.8 Å². The van der Waals surface area contributed by atoms with E-state index in [0.717, 1.165) is 5.56 Å². The minimum Gasteiger partial charge on any atom is -0.507 e. The Morgan fingerprint density at radius 3 is 2.23 bits per heavy atom. The van der Waals surface area contributed by atoms with Crippen molar-refractivity contribution < 1.29 is 43.7 Å². The quantitative estimate of drug-likeness (QED) is 0.311. The van der Waals surface area contributed by atoms with Gasteiger partial charge in [0.1, 0.15) is 11.9 Å². The van der Waals surface area contributed by atoms with E-state index in [1.54, 1.807) is 6.92 Å². The minimum absolute atomic E-state index is 0.0730. The van der Waals surface area contributed by atoms with Crippen LogP contribution < -0.4 is 5.73 Å². The molecule has 0 bridgehead atoms. The molecule has 0 aromatic heterocycles. The van der Waals surface area contributed by atoms with E-state index in [0.29, 0.717) is 16.9 Å². The van der Waals surface area contributed by atoms with Gasteiger partial charge in [0.2, 0.25) is 5.91 Å². The number of phenolic OH excluding ortho intramolecular Hbond substituents is 1. The minimum atomic E-state index is -3.05. The molecule has 0 aliphatic heterocycles. The van der Waals surface area contributed by atoms with Crippen molar-refractivity contribution in [3.05, 3.63) is 28.3 Å². The first-order valence-electron chi connectivity index (χ1n) is 14.3. The zero-order valence-electron chi connectivity index (χ0n) is 25.7. The number of esters is 1. The molecule has 0 heterocycles. The molecule has 4 N–H and O–H groups in total. The number of ether oxygens (including phenoxy) is 1. The SMILES string of the molecule is CCC(=O)O[C@@H]1[C@@H]2C(C(=O)c3c(O)c(C(C)(C)C)cc(CSC)c3[C@H]2C)C(=O)[C@@]2(O)C(=O)C(C(N)=O)C(=O)[C@H](N(C)C)[C@@H]12. The summed E-state index contributed by atoms with van der Waals surface area (Å²) in [6.45, 7) is 8.91. The lowest BCUT2D eigenvalue weighted by Crippen LogP contribution is -2.78. The van der Waals surface area contributed by atoms with Crippen LogP contribution in [0.2, 0.25) is 0 Å². The summed E-state index contributed by atoms with van der Waals surface area (Å²) in [6, 6.07) is 0.419. The highest BCUT2D eigenvalue weighted by atomic mass is 32.2. The Kier molecular flexibility index (Phi) is 8.49. The van der Waals surface area contributed by atoms with E-state index in [1.165, 1.54) is 37.7 Å². The van der Waals surface area contributed by atoms with E-state index in [2.05, 4.69) is 0 Å². The van der Waals surface area contributed by atoms with Gasteiger partial charge in [-0.1, -0.05) is 40.7 Å². The van der Waals surface area contributed by atoms with Gasteiger partial charge in [-0.25, -0.2) is 0 Å². The summed E-state index contributed by atoms with van der Waals surface area (Å²) in [5.74, 6) is -13.5. The first-order chi connectivity index (χ1) is 19.9. The molecule has 1 amide bonds. The highest BCUT2D eigenvalue weighted by Crippen LogP contribution is 2.57. The molecule has 2 saturated carbocycles. The highest BCUT2D eigenvalue weighted by molar-refractivity contribution is 7.97. The van der Waals surface area contributed by atoms with Crippen LogP contribution in [0.25, 0.3) is 0 Å². The molecular formula is C31H40N2O9S. The molecule has 4 rings (SSSR count). The Labute approximate surface area is 254 Å². The highest BCUT2D eigenvalue weighted by Gasteiger charge is 2.74. The molecule has 8 atom stereocenters. The zero-order valence-corrected chi connectivity index (χ0v) is 26.5. The number of nitrogens with two attached hydrogens (primary N) is 1. The Morgan fingerprint density at radius 2 is 1.74 bits per heavy atom. The van der Waals surface area contributed by atoms with Gasteiger partial charge in [-0.15, -0.1) is 0 Å². The largest absolute Gasteiger partial charge is 0.507 e. The number of carbonyl (C=O) groups excluding carboxylic acids is 6. The van der Waals surface area contributed by atoms with Crippen molar-refractivity contribution >= 4 is 46.8 Å². The molecule has 2 unspecified atom stereocenters. The van der Waals surface area contributed by atoms with Crippen LogP contribution in [0.5, 0.6) is 5.75 Å². The first kappa shape index (κ1) is 32.8. The molecular weight excluding hydrogens is 576 g/mol. The Bertz CT molecular complexity index is 1430. The number of aliphatic hydroxyl groups is 1. The fraction of sp³-hybridized carbons (Fsp3) is 0.613. The van der Waals surface area contributed by atoms with Gasteiger partial charge in [0, 0.05) is 23.7 Å². The molecule has 12 heteroatoms. The fourth-order valence-corrected chi connectivity index (χ4v) is 7.99. The summed E-state index contributed by atoms with van der Waals surface area (Å²) in [6.07, 6.45) is 0.339. The number of hydrogen-bond acceptors (Lipinski definition) is 11. The molecule has 11 nitrogen and oxygen atoms in total. The number of likely N-dealkylation sites (N-methyl/N-ethyl adjacent to an activating group) is 1. The maximum atomic E-state index is 14.5. The van der Waals surface area contributed by atoms with E-state index in [-0.39, 0.29) is 17.7 Å². The van der Waals surface area contributed by atoms with Crippen LogP contribution in [0.15, 0.2) is 6.07 Å². The van der Waals surface area contributed by atoms with Gasteiger partial charge >= 0.3 is 5.97 Å². The van der Waals surface area contributed by atoms with Gasteiger partial charge in [0.05, 0.1) is 23.4 Å². The van der Waals surface area contributed by atoms with Crippen molar-refractivity contribution in [3.8, 4) is 5.75 Å². The second kappa shape index (κ2) is 11.1. The Hall–Kier alpha value is -3.09. The van der Waals surface area contributed by atoms with Crippen molar-refractivity contribution in [3.63, 3.8) is 0 Å². The van der Waals surface area contributed by atoms with Gasteiger partial charge in [0.15, 0.2) is 34.7 Å². The molecule has 0 saturated heterocycles. The zero-order chi connectivity index (χ0) is 32.5. The van der Waals surface area contributed by atoms with Crippen LogP contribution in [0, 0.1) is 23.7 Å². The molecule has 234 valence electrons. The van der Waals surface area contributed by atoms with Crippen LogP contribution in [0.1, 0.15) is 74.0 Å². The van der Waals surface area contributed by atoms with Gasteiger partial charge < -0.3 is 20.7 Å². The van der Waals surface area contributed by atoms with Gasteiger partial charge in [-0.2, -0.15) is 11.8 Å². The molecule has 0 radical (unpaired) electrons. The summed E-state index contributed by atoms with van der Waals surface area (Å²) in [5.41, 5.74) is 3.47. The summed E-state index contributed by atoms with van der Waals surface area (Å²) in [4.78, 5) is 82.9. The maximum Gasteiger partial charge on any atom is 0.305 e. The predicted octanol–water partition coefficient (Wildman–Crippen LogP) is 1.52. The standard InChI is InChI=1S/C31H40N2O9S/c1-9-15(34)42-26-17-12(2)16-13(11-43-8)10-14(30(3,4)5)23(35)18(16)24(36)19(17)27(38)31(41)21(26)22(33(6)7)25(37)20(28(31)39)29(32)40/h10,12,17,19-22,26,35,41H,9,11H2,1-8H3,(H2,32,40)/t12-,17+,19?,20?,21+,22-,26-,31-/m1/s1. The maximum absolute atomic E-state index is 14.5. The number of ketones is 4. The number of hydrogen-bond donors (Lipinski definition) is 3. The monoisotopic (exact) mass is 616 g/mol. The average molecular weight is 617 g/mol. The molecule has 1 aromatic carbocycles. The van der Waals surface area contributed by atoms with E-state index in [4.69, 9.17) is 10.5 Å². The lowest BCUT2D eigenvalue weighted by atomic mass is 9.49. The average Bonchev–Trinajstić information content (AvgIpc) is 2.90. The summed E-state index contributed by atoms with van der Waals surface area (Å²) < 4.78 is 5.89. The van der Waals surface area contributed by atoms with Crippen LogP contribution in [0.3, 0.4) is 0 Å². The number of phenols is 1. The number of primary amides is 1. The third kappa shape index (κ3) is 4.73. The lowest BCUT2D eigenvalue weighted by molar-refractivity contribution is -0.205. The molecule has 2 fully saturated rings. The third-order valence-electron chi connectivity index (χ3n) is 9.31.